The Morgan fingerprint density at radius 2 is 1.41 bits per heavy atom. The molecule has 1 heterocycles. The Balaban J connectivity index is 1.85. The molecule has 0 aliphatic heterocycles. The topological polar surface area (TPSA) is 38.0 Å². The third-order valence-corrected chi connectivity index (χ3v) is 5.38. The van der Waals surface area contributed by atoms with E-state index in [1.165, 1.54) is 18.2 Å². The van der Waals surface area contributed by atoms with Crippen molar-refractivity contribution >= 4 is 11.6 Å². The Morgan fingerprint density at radius 3 is 1.97 bits per heavy atom. The van der Waals surface area contributed by atoms with Gasteiger partial charge in [-0.1, -0.05) is 54.1 Å². The summed E-state index contributed by atoms with van der Waals surface area (Å²) in [5.41, 5.74) is 0.626. The molecule has 0 radical (unpaired) electrons. The highest BCUT2D eigenvalue weighted by molar-refractivity contribution is 6.30. The Kier molecular flexibility index (Phi) is 5.61. The molecule has 4 aromatic rings. The van der Waals surface area contributed by atoms with Crippen LogP contribution in [0.5, 0.6) is 0 Å². The first-order chi connectivity index (χ1) is 15.0. The van der Waals surface area contributed by atoms with E-state index in [2.05, 4.69) is 4.98 Å². The van der Waals surface area contributed by atoms with E-state index in [9.17, 15) is 18.3 Å². The number of hydrogen-bond donors (Lipinski definition) is 1. The number of rotatable bonds is 4. The standard InChI is InChI=1S/C25H20ClF3N2O/c1-24(2,32)22-15-31(23(30-22)20-5-3-4-6-21(20)25(27,28)29)19-13-9-17(10-14-19)16-7-11-18(26)12-8-16/h3-15,32H,1-2H3. The average molecular weight is 457 g/mol. The van der Waals surface area contributed by atoms with Gasteiger partial charge < -0.3 is 5.11 Å². The van der Waals surface area contributed by atoms with Crippen molar-refractivity contribution in [2.24, 2.45) is 0 Å². The second-order valence-electron chi connectivity index (χ2n) is 7.98. The molecule has 32 heavy (non-hydrogen) atoms. The molecule has 0 amide bonds. The van der Waals surface area contributed by atoms with Crippen molar-refractivity contribution < 1.29 is 18.3 Å². The lowest BCUT2D eigenvalue weighted by Gasteiger charge is -2.14. The fourth-order valence-electron chi connectivity index (χ4n) is 3.44. The van der Waals surface area contributed by atoms with E-state index in [1.807, 2.05) is 24.3 Å². The normalized spacial score (nSPS) is 12.2. The van der Waals surface area contributed by atoms with Crippen molar-refractivity contribution in [2.75, 3.05) is 0 Å². The van der Waals surface area contributed by atoms with Crippen molar-refractivity contribution in [3.05, 3.63) is 95.3 Å². The quantitative estimate of drug-likeness (QED) is 0.355. The summed E-state index contributed by atoms with van der Waals surface area (Å²) in [5, 5.41) is 11.1. The number of alkyl halides is 3. The molecule has 164 valence electrons. The van der Waals surface area contributed by atoms with Gasteiger partial charge in [0.1, 0.15) is 11.4 Å². The maximum absolute atomic E-state index is 13.7. The zero-order valence-corrected chi connectivity index (χ0v) is 18.1. The number of nitrogens with zero attached hydrogens (tertiary/aromatic N) is 2. The molecule has 0 atom stereocenters. The lowest BCUT2D eigenvalue weighted by molar-refractivity contribution is -0.137. The average Bonchev–Trinajstić information content (AvgIpc) is 3.20. The third kappa shape index (κ3) is 4.42. The summed E-state index contributed by atoms with van der Waals surface area (Å²) in [7, 11) is 0. The molecule has 0 spiro atoms. The van der Waals surface area contributed by atoms with Crippen LogP contribution < -0.4 is 0 Å². The number of halogens is 4. The summed E-state index contributed by atoms with van der Waals surface area (Å²) in [6, 6.07) is 20.0. The van der Waals surface area contributed by atoms with Crippen molar-refractivity contribution in [3.8, 4) is 28.2 Å². The highest BCUT2D eigenvalue weighted by Gasteiger charge is 2.35. The molecule has 0 unspecified atom stereocenters. The molecule has 0 saturated heterocycles. The van der Waals surface area contributed by atoms with E-state index in [-0.39, 0.29) is 17.1 Å². The summed E-state index contributed by atoms with van der Waals surface area (Å²) in [6.07, 6.45) is -2.97. The summed E-state index contributed by atoms with van der Waals surface area (Å²) >= 11 is 5.95. The molecule has 1 aromatic heterocycles. The molecule has 3 aromatic carbocycles. The summed E-state index contributed by atoms with van der Waals surface area (Å²) in [4.78, 5) is 4.39. The number of hydrogen-bond acceptors (Lipinski definition) is 2. The SMILES string of the molecule is CC(C)(O)c1cn(-c2ccc(-c3ccc(Cl)cc3)cc2)c(-c2ccccc2C(F)(F)F)n1. The molecule has 0 bridgehead atoms. The van der Waals surface area contributed by atoms with Gasteiger partial charge >= 0.3 is 6.18 Å². The van der Waals surface area contributed by atoms with Gasteiger partial charge in [-0.15, -0.1) is 0 Å². The van der Waals surface area contributed by atoms with Crippen molar-refractivity contribution in [1.29, 1.82) is 0 Å². The first-order valence-corrected chi connectivity index (χ1v) is 10.3. The summed E-state index contributed by atoms with van der Waals surface area (Å²) < 4.78 is 42.6. The summed E-state index contributed by atoms with van der Waals surface area (Å²) in [5.74, 6) is 0.106. The van der Waals surface area contributed by atoms with Gasteiger partial charge in [-0.3, -0.25) is 4.57 Å². The van der Waals surface area contributed by atoms with Gasteiger partial charge in [-0.2, -0.15) is 13.2 Å². The third-order valence-electron chi connectivity index (χ3n) is 5.13. The Bertz CT molecular complexity index is 1240. The van der Waals surface area contributed by atoms with Crippen LogP contribution >= 0.6 is 11.6 Å². The van der Waals surface area contributed by atoms with Gasteiger partial charge in [0.2, 0.25) is 0 Å². The highest BCUT2D eigenvalue weighted by atomic mass is 35.5. The molecule has 3 nitrogen and oxygen atoms in total. The van der Waals surface area contributed by atoms with E-state index in [0.717, 1.165) is 17.2 Å². The predicted molar refractivity (Wildman–Crippen MR) is 120 cm³/mol. The molecule has 1 N–H and O–H groups in total. The van der Waals surface area contributed by atoms with E-state index < -0.39 is 17.3 Å². The Morgan fingerprint density at radius 1 is 0.844 bits per heavy atom. The number of aromatic nitrogens is 2. The predicted octanol–water partition coefficient (Wildman–Crippen LogP) is 7.11. The maximum atomic E-state index is 13.7. The lowest BCUT2D eigenvalue weighted by atomic mass is 10.0. The van der Waals surface area contributed by atoms with Gasteiger partial charge in [0.15, 0.2) is 0 Å². The molecule has 7 heteroatoms. The molecular weight excluding hydrogens is 437 g/mol. The van der Waals surface area contributed by atoms with Crippen molar-refractivity contribution in [1.82, 2.24) is 9.55 Å². The van der Waals surface area contributed by atoms with E-state index in [4.69, 9.17) is 11.6 Å². The Labute approximate surface area is 188 Å². The second kappa shape index (κ2) is 8.11. The first-order valence-electron chi connectivity index (χ1n) is 9.89. The minimum absolute atomic E-state index is 0.0581. The van der Waals surface area contributed by atoms with E-state index in [1.54, 1.807) is 48.9 Å². The zero-order valence-electron chi connectivity index (χ0n) is 17.4. The maximum Gasteiger partial charge on any atom is 0.417 e. The van der Waals surface area contributed by atoms with Gasteiger partial charge in [0, 0.05) is 22.5 Å². The van der Waals surface area contributed by atoms with Crippen LogP contribution in [0.4, 0.5) is 13.2 Å². The van der Waals surface area contributed by atoms with E-state index in [0.29, 0.717) is 10.7 Å². The van der Waals surface area contributed by atoms with Crippen LogP contribution in [0.2, 0.25) is 5.02 Å². The lowest BCUT2D eigenvalue weighted by Crippen LogP contribution is -2.15. The fourth-order valence-corrected chi connectivity index (χ4v) is 3.57. The number of benzene rings is 3. The van der Waals surface area contributed by atoms with Crippen LogP contribution in [-0.4, -0.2) is 14.7 Å². The molecule has 4 rings (SSSR count). The largest absolute Gasteiger partial charge is 0.417 e. The minimum atomic E-state index is -4.54. The van der Waals surface area contributed by atoms with Gasteiger partial charge in [0.25, 0.3) is 0 Å². The van der Waals surface area contributed by atoms with Crippen LogP contribution in [-0.2, 0) is 11.8 Å². The molecule has 0 aliphatic carbocycles. The van der Waals surface area contributed by atoms with E-state index >= 15 is 0 Å². The minimum Gasteiger partial charge on any atom is -0.384 e. The first kappa shape index (κ1) is 22.1. The van der Waals surface area contributed by atoms with Crippen LogP contribution in [0.3, 0.4) is 0 Å². The molecule has 0 fully saturated rings. The van der Waals surface area contributed by atoms with Crippen LogP contribution in [0.25, 0.3) is 28.2 Å². The van der Waals surface area contributed by atoms with Crippen LogP contribution in [0, 0.1) is 0 Å². The van der Waals surface area contributed by atoms with Crippen molar-refractivity contribution in [2.45, 2.75) is 25.6 Å². The Hall–Kier alpha value is -3.09. The zero-order chi connectivity index (χ0) is 23.1. The highest BCUT2D eigenvalue weighted by Crippen LogP contribution is 2.38. The second-order valence-corrected chi connectivity index (χ2v) is 8.41. The van der Waals surface area contributed by atoms with Crippen LogP contribution in [0.15, 0.2) is 79.0 Å². The van der Waals surface area contributed by atoms with Gasteiger partial charge in [0.05, 0.1) is 11.3 Å². The monoisotopic (exact) mass is 456 g/mol. The van der Waals surface area contributed by atoms with Crippen LogP contribution in [0.1, 0.15) is 25.1 Å². The van der Waals surface area contributed by atoms with Crippen molar-refractivity contribution in [3.63, 3.8) is 0 Å². The van der Waals surface area contributed by atoms with Gasteiger partial charge in [-0.05, 0) is 55.3 Å². The number of aliphatic hydroxyl groups is 1. The molecular formula is C25H20ClF3N2O. The smallest absolute Gasteiger partial charge is 0.384 e. The molecule has 0 aliphatic rings. The number of imidazole rings is 1. The fraction of sp³-hybridized carbons (Fsp3) is 0.160. The summed E-state index contributed by atoms with van der Waals surface area (Å²) in [6.45, 7) is 3.09. The van der Waals surface area contributed by atoms with Gasteiger partial charge in [-0.25, -0.2) is 4.98 Å². The molecule has 0 saturated carbocycles.